The highest BCUT2D eigenvalue weighted by Gasteiger charge is 2.26. The molecule has 150 valence electrons. The first-order chi connectivity index (χ1) is 14.2. The Morgan fingerprint density at radius 1 is 1.10 bits per heavy atom. The van der Waals surface area contributed by atoms with Crippen LogP contribution < -0.4 is 5.32 Å². The Morgan fingerprint density at radius 2 is 1.83 bits per heavy atom. The molecule has 1 amide bonds. The average molecular weight is 390 g/mol. The van der Waals surface area contributed by atoms with Crippen LogP contribution in [0.1, 0.15) is 29.9 Å². The SMILES string of the molecule is Cc1ccccc1CNC(=O)C1CCN(Cc2nc(-c3ccccc3)no2)CC1. The Balaban J connectivity index is 1.25. The van der Waals surface area contributed by atoms with Crippen LogP contribution >= 0.6 is 0 Å². The Hall–Kier alpha value is -2.99. The normalized spacial score (nSPS) is 15.3. The molecular formula is C23H26N4O2. The molecular weight excluding hydrogens is 364 g/mol. The molecule has 1 saturated heterocycles. The Labute approximate surface area is 170 Å². The van der Waals surface area contributed by atoms with Crippen molar-refractivity contribution in [1.29, 1.82) is 0 Å². The molecule has 1 aromatic heterocycles. The van der Waals surface area contributed by atoms with Gasteiger partial charge in [-0.3, -0.25) is 9.69 Å². The molecule has 29 heavy (non-hydrogen) atoms. The third-order valence-electron chi connectivity index (χ3n) is 5.53. The third kappa shape index (κ3) is 4.90. The Morgan fingerprint density at radius 3 is 2.59 bits per heavy atom. The molecule has 1 aliphatic rings. The van der Waals surface area contributed by atoms with Gasteiger partial charge in [-0.05, 0) is 44.0 Å². The van der Waals surface area contributed by atoms with Gasteiger partial charge in [0.2, 0.25) is 17.6 Å². The zero-order chi connectivity index (χ0) is 20.1. The van der Waals surface area contributed by atoms with Crippen LogP contribution in [0.4, 0.5) is 0 Å². The molecule has 0 unspecified atom stereocenters. The van der Waals surface area contributed by atoms with E-state index in [1.807, 2.05) is 42.5 Å². The zero-order valence-corrected chi connectivity index (χ0v) is 16.7. The van der Waals surface area contributed by atoms with Crippen LogP contribution in [-0.4, -0.2) is 34.0 Å². The van der Waals surface area contributed by atoms with E-state index in [4.69, 9.17) is 4.52 Å². The van der Waals surface area contributed by atoms with Crippen LogP contribution in [-0.2, 0) is 17.9 Å². The zero-order valence-electron chi connectivity index (χ0n) is 16.7. The second kappa shape index (κ2) is 9.01. The molecule has 6 nitrogen and oxygen atoms in total. The molecule has 4 rings (SSSR count). The third-order valence-corrected chi connectivity index (χ3v) is 5.53. The number of nitrogens with one attached hydrogen (secondary N) is 1. The van der Waals surface area contributed by atoms with Gasteiger partial charge in [-0.25, -0.2) is 0 Å². The van der Waals surface area contributed by atoms with Crippen LogP contribution in [0, 0.1) is 12.8 Å². The average Bonchev–Trinajstić information content (AvgIpc) is 3.23. The number of carbonyl (C=O) groups is 1. The number of hydrogen-bond donors (Lipinski definition) is 1. The maximum absolute atomic E-state index is 12.5. The van der Waals surface area contributed by atoms with E-state index in [-0.39, 0.29) is 11.8 Å². The summed E-state index contributed by atoms with van der Waals surface area (Å²) in [6.07, 6.45) is 1.69. The second-order valence-corrected chi connectivity index (χ2v) is 7.57. The van der Waals surface area contributed by atoms with E-state index in [0.29, 0.717) is 24.8 Å². The van der Waals surface area contributed by atoms with E-state index < -0.39 is 0 Å². The molecule has 0 radical (unpaired) electrons. The first-order valence-electron chi connectivity index (χ1n) is 10.1. The summed E-state index contributed by atoms with van der Waals surface area (Å²) in [5.74, 6) is 1.45. The molecule has 2 heterocycles. The van der Waals surface area contributed by atoms with Crippen molar-refractivity contribution in [3.8, 4) is 11.4 Å². The maximum Gasteiger partial charge on any atom is 0.241 e. The standard InChI is InChI=1S/C23H26N4O2/c1-17-7-5-6-10-20(17)15-24-23(28)19-11-13-27(14-12-19)16-21-25-22(26-29-21)18-8-3-2-4-9-18/h2-10,19H,11-16H2,1H3,(H,24,28). The van der Waals surface area contributed by atoms with Gasteiger partial charge in [0, 0.05) is 18.0 Å². The van der Waals surface area contributed by atoms with Crippen molar-refractivity contribution < 1.29 is 9.32 Å². The summed E-state index contributed by atoms with van der Waals surface area (Å²) >= 11 is 0. The van der Waals surface area contributed by atoms with Crippen LogP contribution in [0.2, 0.25) is 0 Å². The van der Waals surface area contributed by atoms with Gasteiger partial charge in [0.15, 0.2) is 0 Å². The van der Waals surface area contributed by atoms with Crippen LogP contribution in [0.15, 0.2) is 59.1 Å². The van der Waals surface area contributed by atoms with Crippen molar-refractivity contribution in [2.75, 3.05) is 13.1 Å². The number of nitrogens with zero attached hydrogens (tertiary/aromatic N) is 3. The number of aromatic nitrogens is 2. The van der Waals surface area contributed by atoms with E-state index in [9.17, 15) is 4.79 Å². The second-order valence-electron chi connectivity index (χ2n) is 7.57. The predicted octanol–water partition coefficient (Wildman–Crippen LogP) is 3.57. The minimum Gasteiger partial charge on any atom is -0.352 e. The van der Waals surface area contributed by atoms with Crippen molar-refractivity contribution in [2.24, 2.45) is 5.92 Å². The largest absolute Gasteiger partial charge is 0.352 e. The first-order valence-corrected chi connectivity index (χ1v) is 10.1. The van der Waals surface area contributed by atoms with Crippen LogP contribution in [0.25, 0.3) is 11.4 Å². The van der Waals surface area contributed by atoms with Crippen LogP contribution in [0.3, 0.4) is 0 Å². The van der Waals surface area contributed by atoms with Gasteiger partial charge in [-0.1, -0.05) is 59.8 Å². The fourth-order valence-electron chi connectivity index (χ4n) is 3.70. The van der Waals surface area contributed by atoms with Gasteiger partial charge >= 0.3 is 0 Å². The van der Waals surface area contributed by atoms with Gasteiger partial charge in [0.05, 0.1) is 6.54 Å². The number of aryl methyl sites for hydroxylation is 1. The lowest BCUT2D eigenvalue weighted by Crippen LogP contribution is -2.40. The number of carbonyl (C=O) groups excluding carboxylic acids is 1. The molecule has 0 spiro atoms. The maximum atomic E-state index is 12.5. The van der Waals surface area contributed by atoms with Crippen LogP contribution in [0.5, 0.6) is 0 Å². The lowest BCUT2D eigenvalue weighted by molar-refractivity contribution is -0.126. The van der Waals surface area contributed by atoms with Gasteiger partial charge in [-0.15, -0.1) is 0 Å². The minimum atomic E-state index is 0.0674. The van der Waals surface area contributed by atoms with Gasteiger partial charge in [0.25, 0.3) is 0 Å². The summed E-state index contributed by atoms with van der Waals surface area (Å²) in [6, 6.07) is 18.0. The number of rotatable bonds is 6. The number of piperidine rings is 1. The summed E-state index contributed by atoms with van der Waals surface area (Å²) in [5.41, 5.74) is 3.33. The predicted molar refractivity (Wildman–Crippen MR) is 111 cm³/mol. The summed E-state index contributed by atoms with van der Waals surface area (Å²) in [5, 5.41) is 7.18. The van der Waals surface area contributed by atoms with Crippen molar-refractivity contribution in [3.63, 3.8) is 0 Å². The van der Waals surface area contributed by atoms with E-state index in [0.717, 1.165) is 31.5 Å². The monoisotopic (exact) mass is 390 g/mol. The Kier molecular flexibility index (Phi) is 6.00. The molecule has 1 fully saturated rings. The highest BCUT2D eigenvalue weighted by molar-refractivity contribution is 5.78. The summed E-state index contributed by atoms with van der Waals surface area (Å²) < 4.78 is 5.41. The molecule has 1 aliphatic heterocycles. The first kappa shape index (κ1) is 19.3. The molecule has 0 bridgehead atoms. The molecule has 6 heteroatoms. The Bertz CT molecular complexity index is 946. The number of amides is 1. The number of likely N-dealkylation sites (tertiary alicyclic amines) is 1. The number of benzene rings is 2. The van der Waals surface area contributed by atoms with Gasteiger partial charge < -0.3 is 9.84 Å². The molecule has 2 aromatic carbocycles. The lowest BCUT2D eigenvalue weighted by atomic mass is 9.95. The van der Waals surface area contributed by atoms with E-state index in [1.165, 1.54) is 11.1 Å². The quantitative estimate of drug-likeness (QED) is 0.697. The fourth-order valence-corrected chi connectivity index (χ4v) is 3.70. The van der Waals surface area contributed by atoms with E-state index in [2.05, 4.69) is 39.4 Å². The molecule has 3 aromatic rings. The minimum absolute atomic E-state index is 0.0674. The topological polar surface area (TPSA) is 71.3 Å². The smallest absolute Gasteiger partial charge is 0.241 e. The molecule has 0 saturated carbocycles. The summed E-state index contributed by atoms with van der Waals surface area (Å²) in [6.45, 7) is 4.99. The van der Waals surface area contributed by atoms with E-state index in [1.54, 1.807) is 0 Å². The summed E-state index contributed by atoms with van der Waals surface area (Å²) in [7, 11) is 0. The van der Waals surface area contributed by atoms with E-state index >= 15 is 0 Å². The molecule has 0 atom stereocenters. The summed E-state index contributed by atoms with van der Waals surface area (Å²) in [4.78, 5) is 19.3. The van der Waals surface area contributed by atoms with Crippen molar-refractivity contribution >= 4 is 5.91 Å². The molecule has 0 aliphatic carbocycles. The van der Waals surface area contributed by atoms with Crippen molar-refractivity contribution in [3.05, 3.63) is 71.6 Å². The van der Waals surface area contributed by atoms with Crippen molar-refractivity contribution in [2.45, 2.75) is 32.9 Å². The van der Waals surface area contributed by atoms with Crippen molar-refractivity contribution in [1.82, 2.24) is 20.4 Å². The number of hydrogen-bond acceptors (Lipinski definition) is 5. The fraction of sp³-hybridized carbons (Fsp3) is 0.348. The van der Waals surface area contributed by atoms with Gasteiger partial charge in [-0.2, -0.15) is 4.98 Å². The highest BCUT2D eigenvalue weighted by Crippen LogP contribution is 2.21. The van der Waals surface area contributed by atoms with Gasteiger partial charge in [0.1, 0.15) is 0 Å². The highest BCUT2D eigenvalue weighted by atomic mass is 16.5. The molecule has 1 N–H and O–H groups in total. The lowest BCUT2D eigenvalue weighted by Gasteiger charge is -2.30.